The van der Waals surface area contributed by atoms with Crippen LogP contribution in [0.1, 0.15) is 42.9 Å². The summed E-state index contributed by atoms with van der Waals surface area (Å²) in [4.78, 5) is 28.7. The molecule has 0 unspecified atom stereocenters. The minimum absolute atomic E-state index is 0.361. The van der Waals surface area contributed by atoms with Crippen molar-refractivity contribution in [2.45, 2.75) is 32.3 Å². The van der Waals surface area contributed by atoms with E-state index in [1.165, 1.54) is 7.11 Å². The van der Waals surface area contributed by atoms with E-state index in [9.17, 15) is 9.59 Å². The maximum absolute atomic E-state index is 11.5. The predicted molar refractivity (Wildman–Crippen MR) is 61.1 cm³/mol. The molecule has 0 saturated heterocycles. The largest absolute Gasteiger partial charge is 0.477 e. The quantitative estimate of drug-likeness (QED) is 0.804. The molecule has 1 rings (SSSR count). The van der Waals surface area contributed by atoms with Gasteiger partial charge in [0.1, 0.15) is 17.0 Å². The zero-order valence-electron chi connectivity index (χ0n) is 10.1. The van der Waals surface area contributed by atoms with E-state index >= 15 is 0 Å². The fourth-order valence-electron chi connectivity index (χ4n) is 1.75. The summed E-state index contributed by atoms with van der Waals surface area (Å²) < 4.78 is 5.40. The van der Waals surface area contributed by atoms with Crippen molar-refractivity contribution in [3.05, 3.63) is 27.9 Å². The molecule has 0 aromatic carbocycles. The highest BCUT2D eigenvalue weighted by molar-refractivity contribution is 5.86. The van der Waals surface area contributed by atoms with Crippen molar-refractivity contribution in [3.8, 4) is 0 Å². The van der Waals surface area contributed by atoms with Crippen LogP contribution in [0.25, 0.3) is 0 Å². The molecule has 0 saturated carbocycles. The minimum Gasteiger partial charge on any atom is -0.477 e. The lowest BCUT2D eigenvalue weighted by Crippen LogP contribution is -2.33. The summed E-state index contributed by atoms with van der Waals surface area (Å²) in [6, 6.07) is 0. The second kappa shape index (κ2) is 5.09. The zero-order chi connectivity index (χ0) is 13.1. The van der Waals surface area contributed by atoms with Gasteiger partial charge in [0.25, 0.3) is 5.56 Å². The second-order valence-corrected chi connectivity index (χ2v) is 3.69. The molecular weight excluding hydrogens is 224 g/mol. The van der Waals surface area contributed by atoms with Crippen LogP contribution < -0.4 is 5.56 Å². The SMILES string of the molecule is CCC(CC)(OC)c1ncc(C(=O)O)c(=O)[nH]1. The van der Waals surface area contributed by atoms with Crippen molar-refractivity contribution in [2.24, 2.45) is 0 Å². The fraction of sp³-hybridized carbons (Fsp3) is 0.545. The van der Waals surface area contributed by atoms with Crippen LogP contribution in [0.4, 0.5) is 0 Å². The molecule has 2 N–H and O–H groups in total. The number of carboxylic acids is 1. The zero-order valence-corrected chi connectivity index (χ0v) is 10.1. The molecule has 0 aliphatic rings. The molecular formula is C11H16N2O4. The Labute approximate surface area is 98.7 Å². The number of ether oxygens (including phenoxy) is 1. The maximum Gasteiger partial charge on any atom is 0.342 e. The van der Waals surface area contributed by atoms with Crippen molar-refractivity contribution >= 4 is 5.97 Å². The number of aromatic amines is 1. The molecule has 0 bridgehead atoms. The van der Waals surface area contributed by atoms with Crippen LogP contribution in [0.15, 0.2) is 11.0 Å². The van der Waals surface area contributed by atoms with E-state index in [1.807, 2.05) is 13.8 Å². The van der Waals surface area contributed by atoms with Crippen molar-refractivity contribution in [1.29, 1.82) is 0 Å². The average molecular weight is 240 g/mol. The third-order valence-electron chi connectivity index (χ3n) is 2.99. The number of aromatic carboxylic acids is 1. The molecule has 1 heterocycles. The summed E-state index contributed by atoms with van der Waals surface area (Å²) >= 11 is 0. The number of methoxy groups -OCH3 is 1. The highest BCUT2D eigenvalue weighted by Gasteiger charge is 2.31. The normalized spacial score (nSPS) is 11.5. The van der Waals surface area contributed by atoms with Gasteiger partial charge in [0, 0.05) is 13.3 Å². The molecule has 17 heavy (non-hydrogen) atoms. The monoisotopic (exact) mass is 240 g/mol. The number of carbonyl (C=O) groups is 1. The van der Waals surface area contributed by atoms with E-state index < -0.39 is 17.1 Å². The van der Waals surface area contributed by atoms with Crippen LogP contribution >= 0.6 is 0 Å². The number of hydrogen-bond acceptors (Lipinski definition) is 4. The first-order valence-corrected chi connectivity index (χ1v) is 5.39. The van der Waals surface area contributed by atoms with Crippen LogP contribution in [0.5, 0.6) is 0 Å². The van der Waals surface area contributed by atoms with Crippen LogP contribution in [0.3, 0.4) is 0 Å². The molecule has 94 valence electrons. The topological polar surface area (TPSA) is 92.3 Å². The first kappa shape index (κ1) is 13.4. The number of carboxylic acid groups (broad SMARTS) is 1. The summed E-state index contributed by atoms with van der Waals surface area (Å²) in [5.74, 6) is -0.929. The Hall–Kier alpha value is -1.69. The second-order valence-electron chi connectivity index (χ2n) is 3.69. The van der Waals surface area contributed by atoms with E-state index in [2.05, 4.69) is 9.97 Å². The van der Waals surface area contributed by atoms with Crippen LogP contribution in [-0.4, -0.2) is 28.2 Å². The lowest BCUT2D eigenvalue weighted by atomic mass is 9.96. The molecule has 6 nitrogen and oxygen atoms in total. The lowest BCUT2D eigenvalue weighted by Gasteiger charge is -2.28. The van der Waals surface area contributed by atoms with Gasteiger partial charge in [-0.2, -0.15) is 0 Å². The van der Waals surface area contributed by atoms with E-state index in [0.29, 0.717) is 18.7 Å². The van der Waals surface area contributed by atoms with Crippen LogP contribution in [0.2, 0.25) is 0 Å². The molecule has 1 aromatic rings. The predicted octanol–water partition coefficient (Wildman–Crippen LogP) is 1.13. The fourth-order valence-corrected chi connectivity index (χ4v) is 1.75. The maximum atomic E-state index is 11.5. The Morgan fingerprint density at radius 1 is 1.53 bits per heavy atom. The van der Waals surface area contributed by atoms with E-state index in [4.69, 9.17) is 9.84 Å². The summed E-state index contributed by atoms with van der Waals surface area (Å²) in [6.07, 6.45) is 2.33. The number of aromatic nitrogens is 2. The Bertz CT molecular complexity index is 455. The van der Waals surface area contributed by atoms with Crippen LogP contribution in [-0.2, 0) is 10.3 Å². The number of nitrogens with one attached hydrogen (secondary N) is 1. The van der Waals surface area contributed by atoms with Gasteiger partial charge in [0.15, 0.2) is 0 Å². The smallest absolute Gasteiger partial charge is 0.342 e. The van der Waals surface area contributed by atoms with Crippen LogP contribution in [0, 0.1) is 0 Å². The minimum atomic E-state index is -1.29. The number of hydrogen-bond donors (Lipinski definition) is 2. The van der Waals surface area contributed by atoms with Gasteiger partial charge in [0.05, 0.1) is 0 Å². The molecule has 0 spiro atoms. The third kappa shape index (κ3) is 2.36. The summed E-state index contributed by atoms with van der Waals surface area (Å²) in [6.45, 7) is 3.83. The summed E-state index contributed by atoms with van der Waals surface area (Å²) in [5, 5.41) is 8.74. The molecule has 1 aromatic heterocycles. The van der Waals surface area contributed by atoms with Crippen molar-refractivity contribution < 1.29 is 14.6 Å². The average Bonchev–Trinajstić information content (AvgIpc) is 2.32. The molecule has 0 atom stereocenters. The van der Waals surface area contributed by atoms with E-state index in [0.717, 1.165) is 6.20 Å². The van der Waals surface area contributed by atoms with Gasteiger partial charge in [-0.25, -0.2) is 9.78 Å². The molecule has 0 amide bonds. The van der Waals surface area contributed by atoms with Gasteiger partial charge in [-0.1, -0.05) is 13.8 Å². The Kier molecular flexibility index (Phi) is 4.01. The van der Waals surface area contributed by atoms with Crippen molar-refractivity contribution in [2.75, 3.05) is 7.11 Å². The lowest BCUT2D eigenvalue weighted by molar-refractivity contribution is -0.0294. The van der Waals surface area contributed by atoms with Gasteiger partial charge in [-0.15, -0.1) is 0 Å². The highest BCUT2D eigenvalue weighted by atomic mass is 16.5. The van der Waals surface area contributed by atoms with Gasteiger partial charge < -0.3 is 14.8 Å². The summed E-state index contributed by atoms with van der Waals surface area (Å²) in [7, 11) is 1.54. The molecule has 0 aliphatic carbocycles. The van der Waals surface area contributed by atoms with E-state index in [1.54, 1.807) is 0 Å². The highest BCUT2D eigenvalue weighted by Crippen LogP contribution is 2.28. The number of nitrogens with zero attached hydrogens (tertiary/aromatic N) is 1. The third-order valence-corrected chi connectivity index (χ3v) is 2.99. The standard InChI is InChI=1S/C11H16N2O4/c1-4-11(5-2,17-3)10-12-6-7(9(15)16)8(14)13-10/h6H,4-5H2,1-3H3,(H,15,16)(H,12,13,14). The van der Waals surface area contributed by atoms with Crippen molar-refractivity contribution in [1.82, 2.24) is 9.97 Å². The molecule has 6 heteroatoms. The van der Waals surface area contributed by atoms with E-state index in [-0.39, 0.29) is 5.56 Å². The molecule has 0 radical (unpaired) electrons. The Morgan fingerprint density at radius 2 is 2.12 bits per heavy atom. The Morgan fingerprint density at radius 3 is 2.47 bits per heavy atom. The van der Waals surface area contributed by atoms with Crippen molar-refractivity contribution in [3.63, 3.8) is 0 Å². The first-order valence-electron chi connectivity index (χ1n) is 5.39. The molecule has 0 fully saturated rings. The van der Waals surface area contributed by atoms with Gasteiger partial charge in [-0.3, -0.25) is 4.79 Å². The first-order chi connectivity index (χ1) is 8.00. The molecule has 0 aliphatic heterocycles. The number of H-pyrrole nitrogens is 1. The summed E-state index contributed by atoms with van der Waals surface area (Å²) in [5.41, 5.74) is -1.70. The van der Waals surface area contributed by atoms with Gasteiger partial charge in [-0.05, 0) is 12.8 Å². The van der Waals surface area contributed by atoms with Gasteiger partial charge >= 0.3 is 5.97 Å². The van der Waals surface area contributed by atoms with Gasteiger partial charge in [0.2, 0.25) is 0 Å². The Balaban J connectivity index is 3.29. The number of rotatable bonds is 5.